The van der Waals surface area contributed by atoms with E-state index in [1.54, 1.807) is 70.7 Å². The van der Waals surface area contributed by atoms with E-state index in [-0.39, 0.29) is 23.9 Å². The number of amides is 2. The summed E-state index contributed by atoms with van der Waals surface area (Å²) in [5, 5.41) is 18.6. The fourth-order valence-corrected chi connectivity index (χ4v) is 10.3. The monoisotopic (exact) mass is 978 g/mol. The number of anilines is 4. The van der Waals surface area contributed by atoms with Crippen LogP contribution in [0.15, 0.2) is 122 Å². The minimum absolute atomic E-state index is 0.0413. The predicted octanol–water partition coefficient (Wildman–Crippen LogP) is 7.16. The lowest BCUT2D eigenvalue weighted by Crippen LogP contribution is -2.53. The van der Waals surface area contributed by atoms with Gasteiger partial charge in [-0.3, -0.25) is 29.2 Å². The first-order chi connectivity index (χ1) is 35.8. The first-order valence-electron chi connectivity index (χ1n) is 25.1. The van der Waals surface area contributed by atoms with E-state index in [0.29, 0.717) is 73.2 Å². The predicted molar refractivity (Wildman–Crippen MR) is 278 cm³/mol. The molecule has 2 atom stereocenters. The van der Waals surface area contributed by atoms with Crippen LogP contribution in [0.2, 0.25) is 0 Å². The average Bonchev–Trinajstić information content (AvgIpc) is 3.46. The number of pyridine rings is 2. The molecule has 0 saturated carbocycles. The van der Waals surface area contributed by atoms with Gasteiger partial charge in [-0.25, -0.2) is 9.97 Å². The van der Waals surface area contributed by atoms with Crippen molar-refractivity contribution in [2.24, 2.45) is 0 Å². The molecule has 6 aromatic rings. The minimum Gasteiger partial charge on any atom is -0.486 e. The number of carbonyl (C=O) groups excluding carboxylic acids is 2. The second kappa shape index (κ2) is 22.2. The van der Waals surface area contributed by atoms with Crippen molar-refractivity contribution in [3.63, 3.8) is 0 Å². The molecule has 0 unspecified atom stereocenters. The van der Waals surface area contributed by atoms with E-state index < -0.39 is 0 Å². The van der Waals surface area contributed by atoms with E-state index >= 15 is 0 Å². The van der Waals surface area contributed by atoms with Crippen LogP contribution in [0, 0.1) is 22.7 Å². The summed E-state index contributed by atoms with van der Waals surface area (Å²) in [5.41, 5.74) is 7.38. The highest BCUT2D eigenvalue weighted by Crippen LogP contribution is 2.45. The molecule has 0 aliphatic carbocycles. The van der Waals surface area contributed by atoms with Gasteiger partial charge in [0.15, 0.2) is 17.2 Å². The molecule has 4 aromatic carbocycles. The molecular weight excluding hydrogens is 921 g/mol. The summed E-state index contributed by atoms with van der Waals surface area (Å²) in [4.78, 5) is 61.6. The smallest absolute Gasteiger partial charge is 0.259 e. The maximum Gasteiger partial charge on any atom is 0.259 e. The number of piperazine rings is 2. The fraction of sp³-hybridized carbons (Fsp3) is 0.333. The summed E-state index contributed by atoms with van der Waals surface area (Å²) < 4.78 is 12.9. The summed E-state index contributed by atoms with van der Waals surface area (Å²) in [6.45, 7) is 12.8. The molecule has 10 rings (SSSR count). The third-order valence-corrected chi connectivity index (χ3v) is 14.4. The normalized spacial score (nSPS) is 16.5. The van der Waals surface area contributed by atoms with Gasteiger partial charge < -0.3 is 24.2 Å². The molecule has 16 nitrogen and oxygen atoms in total. The lowest BCUT2D eigenvalue weighted by Gasteiger charge is -2.41. The largest absolute Gasteiger partial charge is 0.486 e. The van der Waals surface area contributed by atoms with Gasteiger partial charge in [0.2, 0.25) is 0 Å². The summed E-state index contributed by atoms with van der Waals surface area (Å²) >= 11 is 0. The van der Waals surface area contributed by atoms with Crippen LogP contribution in [0.1, 0.15) is 62.4 Å². The molecule has 2 aromatic heterocycles. The Morgan fingerprint density at radius 2 is 1.05 bits per heavy atom. The van der Waals surface area contributed by atoms with Crippen molar-refractivity contribution >= 4 is 34.8 Å². The summed E-state index contributed by atoms with van der Waals surface area (Å²) in [5.74, 6) is 3.17. The number of fused-ring (bicyclic) bond motifs is 2. The summed E-state index contributed by atoms with van der Waals surface area (Å²) in [7, 11) is 0. The van der Waals surface area contributed by atoms with Crippen LogP contribution in [-0.4, -0.2) is 129 Å². The first-order valence-corrected chi connectivity index (χ1v) is 25.1. The van der Waals surface area contributed by atoms with Gasteiger partial charge in [0.1, 0.15) is 24.8 Å². The molecule has 0 N–H and O–H groups in total. The van der Waals surface area contributed by atoms with Gasteiger partial charge >= 0.3 is 0 Å². The van der Waals surface area contributed by atoms with Crippen LogP contribution in [0.3, 0.4) is 0 Å². The Morgan fingerprint density at radius 3 is 1.53 bits per heavy atom. The topological polar surface area (TPSA) is 164 Å². The number of hydrogen-bond acceptors (Lipinski definition) is 14. The van der Waals surface area contributed by atoms with Crippen molar-refractivity contribution in [1.29, 1.82) is 10.5 Å². The molecule has 0 spiro atoms. The van der Waals surface area contributed by atoms with Crippen molar-refractivity contribution in [3.8, 4) is 29.4 Å². The zero-order chi connectivity index (χ0) is 50.3. The van der Waals surface area contributed by atoms with Gasteiger partial charge in [0.25, 0.3) is 11.8 Å². The third-order valence-electron chi connectivity index (χ3n) is 14.4. The molecule has 6 heterocycles. The highest BCUT2D eigenvalue weighted by Gasteiger charge is 2.33. The molecule has 372 valence electrons. The number of hydrogen-bond donors (Lipinski definition) is 0. The Balaban J connectivity index is 0.791. The Hall–Kier alpha value is -8.02. The van der Waals surface area contributed by atoms with Gasteiger partial charge in [0.05, 0.1) is 41.2 Å². The molecule has 16 heteroatoms. The fourth-order valence-electron chi connectivity index (χ4n) is 10.3. The van der Waals surface area contributed by atoms with E-state index in [1.165, 1.54) is 0 Å². The van der Waals surface area contributed by atoms with Crippen LogP contribution >= 0.6 is 0 Å². The number of aromatic nitrogens is 2. The number of benzene rings is 4. The molecular formula is C57H58N10O6. The average molecular weight is 979 g/mol. The van der Waals surface area contributed by atoms with Crippen molar-refractivity contribution < 1.29 is 28.8 Å². The number of rotatable bonds is 14. The van der Waals surface area contributed by atoms with Crippen molar-refractivity contribution in [2.45, 2.75) is 38.8 Å². The SMILES string of the molecule is C[C@H](CN(C(=O)c1ccc(C#N)cc1)c1ccccn1)N1CCN(c2ccc(Cc3ccc(N4CCN([C@@H](C)CN(C(=O)c5ccc(C#N)cc5)c5ccccn5)CC4)c4c3CCOO4)c3c2OCCO3)CC1. The Morgan fingerprint density at radius 1 is 0.575 bits per heavy atom. The van der Waals surface area contributed by atoms with Crippen LogP contribution in [-0.2, 0) is 17.7 Å². The number of carbonyl (C=O) groups is 2. The van der Waals surface area contributed by atoms with E-state index in [4.69, 9.17) is 19.2 Å². The lowest BCUT2D eigenvalue weighted by atomic mass is 9.94. The lowest BCUT2D eigenvalue weighted by molar-refractivity contribution is -0.214. The Kier molecular flexibility index (Phi) is 14.8. The molecule has 4 aliphatic heterocycles. The van der Waals surface area contributed by atoms with Crippen molar-refractivity contribution in [2.75, 3.05) is 105 Å². The quantitative estimate of drug-likeness (QED) is 0.101. The third kappa shape index (κ3) is 10.6. The zero-order valence-electron chi connectivity index (χ0n) is 41.2. The van der Waals surface area contributed by atoms with Gasteiger partial charge in [-0.1, -0.05) is 24.3 Å². The number of nitrogens with zero attached hydrogens (tertiary/aromatic N) is 10. The van der Waals surface area contributed by atoms with Crippen molar-refractivity contribution in [3.05, 3.63) is 161 Å². The van der Waals surface area contributed by atoms with Gasteiger partial charge in [-0.05, 0) is 104 Å². The van der Waals surface area contributed by atoms with Gasteiger partial charge in [-0.15, -0.1) is 0 Å². The molecule has 2 fully saturated rings. The molecule has 0 radical (unpaired) electrons. The second-order valence-corrected chi connectivity index (χ2v) is 18.8. The van der Waals surface area contributed by atoms with E-state index in [1.807, 2.05) is 36.4 Å². The van der Waals surface area contributed by atoms with Crippen LogP contribution in [0.25, 0.3) is 0 Å². The summed E-state index contributed by atoms with van der Waals surface area (Å²) in [6.07, 6.45) is 4.75. The maximum absolute atomic E-state index is 13.9. The van der Waals surface area contributed by atoms with Crippen LogP contribution in [0.5, 0.6) is 17.2 Å². The summed E-state index contributed by atoms with van der Waals surface area (Å²) in [6, 6.07) is 37.7. The highest BCUT2D eigenvalue weighted by molar-refractivity contribution is 6.06. The number of nitriles is 2. The Labute approximate surface area is 426 Å². The van der Waals surface area contributed by atoms with Crippen LogP contribution < -0.4 is 34.0 Å². The molecule has 0 bridgehead atoms. The molecule has 4 aliphatic rings. The molecule has 73 heavy (non-hydrogen) atoms. The van der Waals surface area contributed by atoms with Gasteiger partial charge in [0, 0.05) is 125 Å². The molecule has 2 amide bonds. The maximum atomic E-state index is 13.9. The van der Waals surface area contributed by atoms with Crippen molar-refractivity contribution in [1.82, 2.24) is 19.8 Å². The first kappa shape index (κ1) is 48.6. The van der Waals surface area contributed by atoms with E-state index in [9.17, 15) is 20.1 Å². The minimum atomic E-state index is -0.159. The van der Waals surface area contributed by atoms with Gasteiger partial charge in [-0.2, -0.15) is 15.4 Å². The second-order valence-electron chi connectivity index (χ2n) is 18.8. The number of ether oxygens (including phenoxy) is 2. The van der Waals surface area contributed by atoms with E-state index in [0.717, 1.165) is 104 Å². The molecule has 2 saturated heterocycles. The van der Waals surface area contributed by atoms with E-state index in [2.05, 4.69) is 79.8 Å². The highest BCUT2D eigenvalue weighted by atomic mass is 17.2. The van der Waals surface area contributed by atoms with Crippen LogP contribution in [0.4, 0.5) is 23.0 Å². The standard InChI is InChI=1S/C57H58N10O6/c1-40(38-66(51-7-3-5-22-60-51)56(68)44-13-9-42(36-58)10-14-44)62-24-28-64(29-25-62)49-19-17-46(48-21-32-72-73-54(48)49)35-47-18-20-50(55-53(47)70-33-34-71-55)65-30-26-63(27-31-65)41(2)39-67(52-8-4-6-23-61-52)57(69)45-15-11-43(37-59)12-16-45/h3-20,22-23,40-41H,21,24-35,38-39H2,1-2H3/t40-,41+/m0/s1. The zero-order valence-corrected chi connectivity index (χ0v) is 41.2. The Bertz CT molecular complexity index is 2780.